The molecular weight excluding hydrogens is 237 g/mol. The third-order valence-electron chi connectivity index (χ3n) is 2.47. The largest absolute Gasteiger partial charge is 0.412 e. The number of hydrogen-bond donors (Lipinski definition) is 1. The van der Waals surface area contributed by atoms with Crippen LogP contribution in [0.2, 0.25) is 0 Å². The minimum absolute atomic E-state index is 0. The van der Waals surface area contributed by atoms with E-state index in [0.717, 1.165) is 0 Å². The molecule has 0 bridgehead atoms. The van der Waals surface area contributed by atoms with Crippen molar-refractivity contribution in [2.45, 2.75) is 26.2 Å². The fourth-order valence-corrected chi connectivity index (χ4v) is 1.78. The minimum Gasteiger partial charge on any atom is -0.412 e. The SMILES string of the molecule is Cc1cn[nH]c1N1CCCCC1.Cl.Cl.O. The van der Waals surface area contributed by atoms with Crippen LogP contribution in [0, 0.1) is 6.92 Å². The summed E-state index contributed by atoms with van der Waals surface area (Å²) in [6, 6.07) is 0. The molecule has 0 aliphatic carbocycles. The summed E-state index contributed by atoms with van der Waals surface area (Å²) in [6.45, 7) is 4.47. The molecule has 0 unspecified atom stereocenters. The summed E-state index contributed by atoms with van der Waals surface area (Å²) in [4.78, 5) is 2.39. The topological polar surface area (TPSA) is 63.4 Å². The Kier molecular flexibility index (Phi) is 8.81. The average molecular weight is 256 g/mol. The maximum atomic E-state index is 4.03. The van der Waals surface area contributed by atoms with Crippen molar-refractivity contribution in [2.24, 2.45) is 0 Å². The lowest BCUT2D eigenvalue weighted by molar-refractivity contribution is 0.572. The van der Waals surface area contributed by atoms with Gasteiger partial charge in [-0.25, -0.2) is 0 Å². The van der Waals surface area contributed by atoms with Crippen molar-refractivity contribution in [1.29, 1.82) is 0 Å². The Morgan fingerprint density at radius 2 is 1.80 bits per heavy atom. The normalized spacial score (nSPS) is 14.6. The van der Waals surface area contributed by atoms with Gasteiger partial charge in [-0.1, -0.05) is 0 Å². The Bertz CT molecular complexity index is 262. The van der Waals surface area contributed by atoms with Gasteiger partial charge in [0.2, 0.25) is 0 Å². The predicted molar refractivity (Wildman–Crippen MR) is 67.5 cm³/mol. The Balaban J connectivity index is 0. The summed E-state index contributed by atoms with van der Waals surface area (Å²) >= 11 is 0. The van der Waals surface area contributed by atoms with Crippen LogP contribution >= 0.6 is 24.8 Å². The van der Waals surface area contributed by atoms with Crippen LogP contribution in [-0.2, 0) is 0 Å². The summed E-state index contributed by atoms with van der Waals surface area (Å²) in [5.74, 6) is 1.22. The lowest BCUT2D eigenvalue weighted by Crippen LogP contribution is -2.30. The molecule has 0 saturated carbocycles. The summed E-state index contributed by atoms with van der Waals surface area (Å²) in [7, 11) is 0. The summed E-state index contributed by atoms with van der Waals surface area (Å²) < 4.78 is 0. The number of aryl methyl sites for hydroxylation is 1. The third kappa shape index (κ3) is 3.89. The van der Waals surface area contributed by atoms with Gasteiger partial charge in [0.05, 0.1) is 6.20 Å². The van der Waals surface area contributed by atoms with Crippen LogP contribution in [0.4, 0.5) is 5.82 Å². The first-order valence-electron chi connectivity index (χ1n) is 4.63. The molecule has 0 atom stereocenters. The Morgan fingerprint density at radius 3 is 2.27 bits per heavy atom. The minimum atomic E-state index is 0. The van der Waals surface area contributed by atoms with Gasteiger partial charge in [0, 0.05) is 18.7 Å². The lowest BCUT2D eigenvalue weighted by Gasteiger charge is -2.27. The van der Waals surface area contributed by atoms with Crippen LogP contribution in [0.15, 0.2) is 6.20 Å². The smallest absolute Gasteiger partial charge is 0.126 e. The van der Waals surface area contributed by atoms with Crippen molar-refractivity contribution in [1.82, 2.24) is 10.2 Å². The molecule has 4 nitrogen and oxygen atoms in total. The first kappa shape index (κ1) is 17.0. The van der Waals surface area contributed by atoms with Gasteiger partial charge in [0.15, 0.2) is 0 Å². The van der Waals surface area contributed by atoms with Gasteiger partial charge in [0.25, 0.3) is 0 Å². The second-order valence-corrected chi connectivity index (χ2v) is 3.45. The Hall–Kier alpha value is -0.450. The highest BCUT2D eigenvalue weighted by atomic mass is 35.5. The van der Waals surface area contributed by atoms with E-state index in [4.69, 9.17) is 0 Å². The van der Waals surface area contributed by atoms with E-state index < -0.39 is 0 Å². The Labute approximate surface area is 103 Å². The Morgan fingerprint density at radius 1 is 1.20 bits per heavy atom. The van der Waals surface area contributed by atoms with Crippen LogP contribution in [0.25, 0.3) is 0 Å². The zero-order valence-corrected chi connectivity index (χ0v) is 10.5. The summed E-state index contributed by atoms with van der Waals surface area (Å²) in [5, 5.41) is 7.08. The van der Waals surface area contributed by atoms with Crippen molar-refractivity contribution in [2.75, 3.05) is 18.0 Å². The number of anilines is 1. The molecule has 3 N–H and O–H groups in total. The summed E-state index contributed by atoms with van der Waals surface area (Å²) in [5.41, 5.74) is 1.26. The van der Waals surface area contributed by atoms with Crippen molar-refractivity contribution in [3.8, 4) is 0 Å². The van der Waals surface area contributed by atoms with E-state index in [1.54, 1.807) is 0 Å². The standard InChI is InChI=1S/C9H15N3.2ClH.H2O/c1-8-7-10-11-9(8)12-5-3-2-4-6-12;;;/h7H,2-6H2,1H3,(H,10,11);2*1H;1H2. The van der Waals surface area contributed by atoms with Gasteiger partial charge in [-0.15, -0.1) is 24.8 Å². The molecule has 0 radical (unpaired) electrons. The average Bonchev–Trinajstić information content (AvgIpc) is 2.53. The molecule has 1 aromatic heterocycles. The zero-order chi connectivity index (χ0) is 8.39. The number of rotatable bonds is 1. The van der Waals surface area contributed by atoms with Crippen molar-refractivity contribution in [3.63, 3.8) is 0 Å². The molecule has 1 aromatic rings. The highest BCUT2D eigenvalue weighted by Crippen LogP contribution is 2.19. The fourth-order valence-electron chi connectivity index (χ4n) is 1.78. The zero-order valence-electron chi connectivity index (χ0n) is 8.82. The molecule has 2 heterocycles. The van der Waals surface area contributed by atoms with Gasteiger partial charge in [-0.3, -0.25) is 5.10 Å². The number of aromatic nitrogens is 2. The molecule has 6 heteroatoms. The number of H-pyrrole nitrogens is 1. The number of hydrogen-bond acceptors (Lipinski definition) is 2. The predicted octanol–water partition coefficient (Wildman–Crippen LogP) is 1.73. The molecule has 15 heavy (non-hydrogen) atoms. The van der Waals surface area contributed by atoms with E-state index in [2.05, 4.69) is 22.0 Å². The highest BCUT2D eigenvalue weighted by Gasteiger charge is 2.13. The molecule has 1 saturated heterocycles. The van der Waals surface area contributed by atoms with Crippen LogP contribution in [-0.4, -0.2) is 28.8 Å². The number of aromatic amines is 1. The van der Waals surface area contributed by atoms with E-state index in [9.17, 15) is 0 Å². The van der Waals surface area contributed by atoms with Crippen molar-refractivity contribution >= 4 is 30.6 Å². The van der Waals surface area contributed by atoms with E-state index in [0.29, 0.717) is 0 Å². The van der Waals surface area contributed by atoms with Gasteiger partial charge in [-0.2, -0.15) is 5.10 Å². The van der Waals surface area contributed by atoms with Gasteiger partial charge in [-0.05, 0) is 26.2 Å². The van der Waals surface area contributed by atoms with E-state index in [-0.39, 0.29) is 30.3 Å². The van der Waals surface area contributed by atoms with E-state index in [1.807, 2.05) is 6.20 Å². The second-order valence-electron chi connectivity index (χ2n) is 3.45. The molecular formula is C9H19Cl2N3O. The molecule has 1 aliphatic rings. The quantitative estimate of drug-likeness (QED) is 0.831. The number of halogens is 2. The van der Waals surface area contributed by atoms with Crippen molar-refractivity contribution < 1.29 is 5.48 Å². The molecule has 0 aromatic carbocycles. The highest BCUT2D eigenvalue weighted by molar-refractivity contribution is 5.85. The molecule has 1 fully saturated rings. The maximum Gasteiger partial charge on any atom is 0.126 e. The molecule has 90 valence electrons. The first-order chi connectivity index (χ1) is 5.88. The summed E-state index contributed by atoms with van der Waals surface area (Å²) in [6.07, 6.45) is 5.91. The first-order valence-corrected chi connectivity index (χ1v) is 4.63. The van der Waals surface area contributed by atoms with Crippen LogP contribution in [0.1, 0.15) is 24.8 Å². The number of nitrogens with one attached hydrogen (secondary N) is 1. The number of piperidine rings is 1. The van der Waals surface area contributed by atoms with Crippen LogP contribution < -0.4 is 4.90 Å². The number of nitrogens with zero attached hydrogens (tertiary/aromatic N) is 2. The maximum absolute atomic E-state index is 4.03. The van der Waals surface area contributed by atoms with Gasteiger partial charge < -0.3 is 10.4 Å². The van der Waals surface area contributed by atoms with E-state index in [1.165, 1.54) is 43.7 Å². The molecule has 0 spiro atoms. The third-order valence-corrected chi connectivity index (χ3v) is 2.47. The van der Waals surface area contributed by atoms with Crippen LogP contribution in [0.5, 0.6) is 0 Å². The second kappa shape index (κ2) is 7.79. The fraction of sp³-hybridized carbons (Fsp3) is 0.667. The van der Waals surface area contributed by atoms with Gasteiger partial charge >= 0.3 is 0 Å². The van der Waals surface area contributed by atoms with Crippen LogP contribution in [0.3, 0.4) is 0 Å². The monoisotopic (exact) mass is 255 g/mol. The molecule has 2 rings (SSSR count). The van der Waals surface area contributed by atoms with Crippen molar-refractivity contribution in [3.05, 3.63) is 11.8 Å². The molecule has 0 amide bonds. The molecule has 1 aliphatic heterocycles. The van der Waals surface area contributed by atoms with E-state index >= 15 is 0 Å². The van der Waals surface area contributed by atoms with Gasteiger partial charge in [0.1, 0.15) is 5.82 Å². The lowest BCUT2D eigenvalue weighted by atomic mass is 10.1.